The zero-order chi connectivity index (χ0) is 20.2. The molecule has 1 aliphatic heterocycles. The first-order chi connectivity index (χ1) is 14.2. The molecule has 150 valence electrons. The summed E-state index contributed by atoms with van der Waals surface area (Å²) in [5, 5.41) is 2.96. The number of aryl methyl sites for hydroxylation is 1. The van der Waals surface area contributed by atoms with Crippen LogP contribution in [0.25, 0.3) is 5.52 Å². The van der Waals surface area contributed by atoms with Gasteiger partial charge in [-0.15, -0.1) is 0 Å². The Kier molecular flexibility index (Phi) is 5.60. The molecule has 0 aliphatic carbocycles. The van der Waals surface area contributed by atoms with Crippen molar-refractivity contribution >= 4 is 23.0 Å². The van der Waals surface area contributed by atoms with E-state index >= 15 is 0 Å². The summed E-state index contributed by atoms with van der Waals surface area (Å²) in [6.07, 6.45) is 6.92. The molecule has 6 heteroatoms. The van der Waals surface area contributed by atoms with Gasteiger partial charge in [-0.25, -0.2) is 4.98 Å². The number of fused-ring (bicyclic) bond motifs is 1. The molecule has 1 N–H and O–H groups in total. The third-order valence-corrected chi connectivity index (χ3v) is 5.49. The number of imidazole rings is 1. The van der Waals surface area contributed by atoms with Crippen LogP contribution in [0.15, 0.2) is 48.7 Å². The zero-order valence-electron chi connectivity index (χ0n) is 16.7. The molecular weight excluding hydrogens is 364 g/mol. The van der Waals surface area contributed by atoms with E-state index < -0.39 is 0 Å². The van der Waals surface area contributed by atoms with Gasteiger partial charge in [0.05, 0.1) is 5.52 Å². The highest BCUT2D eigenvalue weighted by Gasteiger charge is 2.25. The summed E-state index contributed by atoms with van der Waals surface area (Å²) in [7, 11) is 0. The summed E-state index contributed by atoms with van der Waals surface area (Å²) in [5.74, 6) is -0.185. The van der Waals surface area contributed by atoms with Crippen molar-refractivity contribution in [3.63, 3.8) is 0 Å². The van der Waals surface area contributed by atoms with E-state index in [-0.39, 0.29) is 17.6 Å². The minimum Gasteiger partial charge on any atom is -0.337 e. The molecule has 2 amide bonds. The van der Waals surface area contributed by atoms with Crippen LogP contribution in [-0.4, -0.2) is 39.2 Å². The van der Waals surface area contributed by atoms with Crippen LogP contribution in [-0.2, 0) is 6.42 Å². The molecule has 1 aromatic carbocycles. The summed E-state index contributed by atoms with van der Waals surface area (Å²) >= 11 is 0. The van der Waals surface area contributed by atoms with Crippen LogP contribution in [0.4, 0.5) is 5.69 Å². The van der Waals surface area contributed by atoms with Crippen molar-refractivity contribution in [1.29, 1.82) is 0 Å². The quantitative estimate of drug-likeness (QED) is 0.727. The van der Waals surface area contributed by atoms with Gasteiger partial charge in [0.2, 0.25) is 5.82 Å². The molecule has 29 heavy (non-hydrogen) atoms. The summed E-state index contributed by atoms with van der Waals surface area (Å²) in [6.45, 7) is 3.54. The van der Waals surface area contributed by atoms with Crippen molar-refractivity contribution < 1.29 is 9.59 Å². The lowest BCUT2D eigenvalue weighted by molar-refractivity contribution is 0.0758. The number of pyridine rings is 1. The van der Waals surface area contributed by atoms with E-state index in [0.717, 1.165) is 56.4 Å². The number of amides is 2. The fourth-order valence-corrected chi connectivity index (χ4v) is 3.91. The second kappa shape index (κ2) is 8.47. The maximum atomic E-state index is 13.2. The first-order valence-electron chi connectivity index (χ1n) is 10.3. The van der Waals surface area contributed by atoms with Crippen molar-refractivity contribution in [3.8, 4) is 0 Å². The second-order valence-corrected chi connectivity index (χ2v) is 7.41. The van der Waals surface area contributed by atoms with Crippen LogP contribution in [0.3, 0.4) is 0 Å². The summed E-state index contributed by atoms with van der Waals surface area (Å²) < 4.78 is 1.70. The molecule has 3 aromatic rings. The van der Waals surface area contributed by atoms with Crippen LogP contribution in [0.1, 0.15) is 59.3 Å². The smallest absolute Gasteiger partial charge is 0.292 e. The number of para-hydroxylation sites is 1. The van der Waals surface area contributed by atoms with E-state index in [1.807, 2.05) is 54.3 Å². The summed E-state index contributed by atoms with van der Waals surface area (Å²) in [6, 6.07) is 13.3. The monoisotopic (exact) mass is 390 g/mol. The zero-order valence-corrected chi connectivity index (χ0v) is 16.7. The average Bonchev–Trinajstić information content (AvgIpc) is 2.93. The van der Waals surface area contributed by atoms with Gasteiger partial charge in [-0.2, -0.15) is 0 Å². The Balaban J connectivity index is 1.68. The minimum absolute atomic E-state index is 0.0939. The fourth-order valence-electron chi connectivity index (χ4n) is 3.91. The van der Waals surface area contributed by atoms with E-state index in [1.165, 1.54) is 0 Å². The largest absolute Gasteiger partial charge is 0.337 e. The van der Waals surface area contributed by atoms with Crippen molar-refractivity contribution in [2.75, 3.05) is 18.4 Å². The molecular formula is C23H26N4O2. The average molecular weight is 390 g/mol. The molecule has 0 spiro atoms. The Labute approximate surface area is 170 Å². The van der Waals surface area contributed by atoms with Gasteiger partial charge >= 0.3 is 0 Å². The summed E-state index contributed by atoms with van der Waals surface area (Å²) in [5.41, 5.74) is 2.84. The Morgan fingerprint density at radius 2 is 1.72 bits per heavy atom. The maximum absolute atomic E-state index is 13.2. The normalized spacial score (nSPS) is 14.6. The van der Waals surface area contributed by atoms with Gasteiger partial charge in [-0.1, -0.05) is 44.0 Å². The number of aromatic nitrogens is 2. The van der Waals surface area contributed by atoms with Crippen molar-refractivity contribution in [3.05, 3.63) is 65.7 Å². The van der Waals surface area contributed by atoms with Crippen LogP contribution in [0, 0.1) is 0 Å². The van der Waals surface area contributed by atoms with Gasteiger partial charge in [0.1, 0.15) is 0 Å². The predicted octanol–water partition coefficient (Wildman–Crippen LogP) is 4.17. The standard InChI is InChI=1S/C23H26N4O2/c1-2-17-11-5-6-12-18(17)24-22(28)21-25-20(19-13-7-10-16-27(19)21)23(29)26-14-8-3-4-9-15-26/h5-7,10-13,16H,2-4,8-9,14-15H2,1H3,(H,24,28). The number of benzene rings is 1. The van der Waals surface area contributed by atoms with Gasteiger partial charge in [0.25, 0.3) is 11.8 Å². The molecule has 1 fully saturated rings. The highest BCUT2D eigenvalue weighted by Crippen LogP contribution is 2.20. The third kappa shape index (κ3) is 3.88. The van der Waals surface area contributed by atoms with Gasteiger partial charge in [0, 0.05) is 25.0 Å². The molecule has 4 rings (SSSR count). The van der Waals surface area contributed by atoms with E-state index in [0.29, 0.717) is 11.2 Å². The topological polar surface area (TPSA) is 66.7 Å². The number of carbonyl (C=O) groups excluding carboxylic acids is 2. The molecule has 0 unspecified atom stereocenters. The number of carbonyl (C=O) groups is 2. The van der Waals surface area contributed by atoms with E-state index in [2.05, 4.69) is 10.3 Å². The number of nitrogens with zero attached hydrogens (tertiary/aromatic N) is 3. The molecule has 1 saturated heterocycles. The number of rotatable bonds is 4. The molecule has 0 bridgehead atoms. The van der Waals surface area contributed by atoms with Gasteiger partial charge < -0.3 is 10.2 Å². The van der Waals surface area contributed by atoms with Gasteiger partial charge in [-0.3, -0.25) is 14.0 Å². The molecule has 0 saturated carbocycles. The minimum atomic E-state index is -0.318. The molecule has 6 nitrogen and oxygen atoms in total. The number of hydrogen-bond acceptors (Lipinski definition) is 3. The van der Waals surface area contributed by atoms with Crippen molar-refractivity contribution in [2.45, 2.75) is 39.0 Å². The van der Waals surface area contributed by atoms with Gasteiger partial charge in [0.15, 0.2) is 5.69 Å². The Morgan fingerprint density at radius 3 is 2.48 bits per heavy atom. The van der Waals surface area contributed by atoms with Crippen LogP contribution in [0.5, 0.6) is 0 Å². The van der Waals surface area contributed by atoms with E-state index in [4.69, 9.17) is 0 Å². The van der Waals surface area contributed by atoms with Crippen LogP contribution >= 0.6 is 0 Å². The van der Waals surface area contributed by atoms with Gasteiger partial charge in [-0.05, 0) is 43.0 Å². The van der Waals surface area contributed by atoms with E-state index in [9.17, 15) is 9.59 Å². The third-order valence-electron chi connectivity index (χ3n) is 5.49. The first kappa shape index (κ1) is 19.2. The molecule has 3 heterocycles. The van der Waals surface area contributed by atoms with Crippen molar-refractivity contribution in [1.82, 2.24) is 14.3 Å². The molecule has 0 atom stereocenters. The Hall–Kier alpha value is -3.15. The number of hydrogen-bond donors (Lipinski definition) is 1. The predicted molar refractivity (Wildman–Crippen MR) is 113 cm³/mol. The summed E-state index contributed by atoms with van der Waals surface area (Å²) in [4.78, 5) is 32.6. The number of nitrogens with one attached hydrogen (secondary N) is 1. The number of likely N-dealkylation sites (tertiary alicyclic amines) is 1. The Bertz CT molecular complexity index is 1030. The fraction of sp³-hybridized carbons (Fsp3) is 0.348. The highest BCUT2D eigenvalue weighted by molar-refractivity contribution is 6.06. The second-order valence-electron chi connectivity index (χ2n) is 7.41. The highest BCUT2D eigenvalue weighted by atomic mass is 16.2. The lowest BCUT2D eigenvalue weighted by Crippen LogP contribution is -2.32. The lowest BCUT2D eigenvalue weighted by Gasteiger charge is -2.19. The molecule has 1 aliphatic rings. The van der Waals surface area contributed by atoms with Crippen molar-refractivity contribution in [2.24, 2.45) is 0 Å². The van der Waals surface area contributed by atoms with E-state index in [1.54, 1.807) is 10.6 Å². The number of anilines is 1. The SMILES string of the molecule is CCc1ccccc1NC(=O)c1nc(C(=O)N2CCCCCC2)c2ccccn12. The molecule has 2 aromatic heterocycles. The first-order valence-corrected chi connectivity index (χ1v) is 10.3. The maximum Gasteiger partial charge on any atom is 0.292 e. The Morgan fingerprint density at radius 1 is 1.00 bits per heavy atom. The molecule has 0 radical (unpaired) electrons. The van der Waals surface area contributed by atoms with Crippen LogP contribution < -0.4 is 5.32 Å². The lowest BCUT2D eigenvalue weighted by atomic mass is 10.1. The van der Waals surface area contributed by atoms with Crippen LogP contribution in [0.2, 0.25) is 0 Å².